The van der Waals surface area contributed by atoms with Gasteiger partial charge in [0.25, 0.3) is 0 Å². The molecule has 0 spiro atoms. The SMILES string of the molecule is CCCCCCCCOc1ccc(CBr)nc1. The maximum absolute atomic E-state index is 5.63. The number of ether oxygens (including phenoxy) is 1. The molecule has 0 fully saturated rings. The monoisotopic (exact) mass is 299 g/mol. The molecule has 0 atom stereocenters. The van der Waals surface area contributed by atoms with E-state index in [4.69, 9.17) is 4.74 Å². The quantitative estimate of drug-likeness (QED) is 0.486. The zero-order chi connectivity index (χ0) is 12.3. The summed E-state index contributed by atoms with van der Waals surface area (Å²) in [6, 6.07) is 3.98. The topological polar surface area (TPSA) is 22.1 Å². The normalized spacial score (nSPS) is 10.5. The molecule has 0 aliphatic carbocycles. The van der Waals surface area contributed by atoms with Crippen LogP contribution in [0.3, 0.4) is 0 Å². The summed E-state index contributed by atoms with van der Waals surface area (Å²) in [5, 5.41) is 0.796. The molecule has 17 heavy (non-hydrogen) atoms. The molecule has 0 aliphatic rings. The second kappa shape index (κ2) is 9.46. The summed E-state index contributed by atoms with van der Waals surface area (Å²) < 4.78 is 5.63. The van der Waals surface area contributed by atoms with Gasteiger partial charge in [-0.25, -0.2) is 0 Å². The Balaban J connectivity index is 2.05. The number of aromatic nitrogens is 1. The van der Waals surface area contributed by atoms with Gasteiger partial charge >= 0.3 is 0 Å². The molecule has 0 radical (unpaired) electrons. The Morgan fingerprint density at radius 1 is 1.12 bits per heavy atom. The highest BCUT2D eigenvalue weighted by Gasteiger charge is 1.96. The van der Waals surface area contributed by atoms with E-state index in [1.165, 1.54) is 32.1 Å². The summed E-state index contributed by atoms with van der Waals surface area (Å²) in [6.07, 6.45) is 9.57. The lowest BCUT2D eigenvalue weighted by Crippen LogP contribution is -1.98. The number of hydrogen-bond donors (Lipinski definition) is 0. The van der Waals surface area contributed by atoms with Crippen LogP contribution in [-0.4, -0.2) is 11.6 Å². The van der Waals surface area contributed by atoms with Crippen molar-refractivity contribution in [1.29, 1.82) is 0 Å². The molecule has 0 amide bonds. The maximum Gasteiger partial charge on any atom is 0.137 e. The molecule has 1 rings (SSSR count). The van der Waals surface area contributed by atoms with Crippen molar-refractivity contribution in [1.82, 2.24) is 4.98 Å². The van der Waals surface area contributed by atoms with Crippen LogP contribution in [0.1, 0.15) is 51.1 Å². The minimum Gasteiger partial charge on any atom is -0.492 e. The second-order valence-electron chi connectivity index (χ2n) is 4.24. The highest BCUT2D eigenvalue weighted by molar-refractivity contribution is 9.08. The number of alkyl halides is 1. The third kappa shape index (κ3) is 6.67. The van der Waals surface area contributed by atoms with Crippen molar-refractivity contribution in [2.24, 2.45) is 0 Å². The molecule has 3 heteroatoms. The minimum atomic E-state index is 0.796. The average molecular weight is 300 g/mol. The van der Waals surface area contributed by atoms with E-state index >= 15 is 0 Å². The third-order valence-corrected chi connectivity index (χ3v) is 3.28. The van der Waals surface area contributed by atoms with Crippen LogP contribution < -0.4 is 4.74 Å². The first kappa shape index (κ1) is 14.5. The van der Waals surface area contributed by atoms with Crippen LogP contribution in [0.5, 0.6) is 5.75 Å². The van der Waals surface area contributed by atoms with Crippen molar-refractivity contribution in [3.8, 4) is 5.75 Å². The van der Waals surface area contributed by atoms with E-state index < -0.39 is 0 Å². The van der Waals surface area contributed by atoms with Gasteiger partial charge in [-0.2, -0.15) is 0 Å². The lowest BCUT2D eigenvalue weighted by molar-refractivity contribution is 0.303. The molecule has 1 heterocycles. The third-order valence-electron chi connectivity index (χ3n) is 2.70. The lowest BCUT2D eigenvalue weighted by Gasteiger charge is -2.06. The Bertz CT molecular complexity index is 287. The molecule has 0 unspecified atom stereocenters. The van der Waals surface area contributed by atoms with Crippen LogP contribution >= 0.6 is 15.9 Å². The smallest absolute Gasteiger partial charge is 0.137 e. The van der Waals surface area contributed by atoms with Crippen molar-refractivity contribution in [2.45, 2.75) is 50.8 Å². The molecule has 1 aromatic rings. The van der Waals surface area contributed by atoms with Gasteiger partial charge in [-0.05, 0) is 18.6 Å². The van der Waals surface area contributed by atoms with Gasteiger partial charge in [0.05, 0.1) is 18.5 Å². The second-order valence-corrected chi connectivity index (χ2v) is 4.80. The first-order valence-corrected chi connectivity index (χ1v) is 7.62. The summed E-state index contributed by atoms with van der Waals surface area (Å²) in [6.45, 7) is 3.05. The van der Waals surface area contributed by atoms with Gasteiger partial charge in [-0.15, -0.1) is 0 Å². The Hall–Kier alpha value is -0.570. The fourth-order valence-electron chi connectivity index (χ4n) is 1.65. The van der Waals surface area contributed by atoms with Crippen molar-refractivity contribution in [2.75, 3.05) is 6.61 Å². The van der Waals surface area contributed by atoms with Crippen LogP contribution in [0, 0.1) is 0 Å². The summed E-state index contributed by atoms with van der Waals surface area (Å²) in [5.74, 6) is 0.878. The van der Waals surface area contributed by atoms with Crippen LogP contribution in [-0.2, 0) is 5.33 Å². The number of rotatable bonds is 9. The van der Waals surface area contributed by atoms with E-state index in [9.17, 15) is 0 Å². The van der Waals surface area contributed by atoms with E-state index in [1.54, 1.807) is 6.20 Å². The Morgan fingerprint density at radius 3 is 2.53 bits per heavy atom. The van der Waals surface area contributed by atoms with Crippen molar-refractivity contribution < 1.29 is 4.74 Å². The summed E-state index contributed by atoms with van der Waals surface area (Å²) in [5.41, 5.74) is 1.04. The molecule has 1 aromatic heterocycles. The molecule has 0 saturated carbocycles. The maximum atomic E-state index is 5.63. The highest BCUT2D eigenvalue weighted by atomic mass is 79.9. The van der Waals surface area contributed by atoms with Gasteiger partial charge in [0.15, 0.2) is 0 Å². The molecule has 0 aromatic carbocycles. The fourth-order valence-corrected chi connectivity index (χ4v) is 1.98. The van der Waals surface area contributed by atoms with E-state index in [2.05, 4.69) is 27.8 Å². The van der Waals surface area contributed by atoms with E-state index in [0.717, 1.165) is 29.8 Å². The van der Waals surface area contributed by atoms with Crippen LogP contribution in [0.2, 0.25) is 0 Å². The number of pyridine rings is 1. The Labute approximate surface area is 113 Å². The fraction of sp³-hybridized carbons (Fsp3) is 0.643. The van der Waals surface area contributed by atoms with Gasteiger partial charge in [0.1, 0.15) is 5.75 Å². The standard InChI is InChI=1S/C14H22BrNO/c1-2-3-4-5-6-7-10-17-14-9-8-13(11-15)16-12-14/h8-9,12H,2-7,10-11H2,1H3. The molecular formula is C14H22BrNO. The van der Waals surface area contributed by atoms with Gasteiger partial charge < -0.3 is 4.74 Å². The largest absolute Gasteiger partial charge is 0.492 e. The van der Waals surface area contributed by atoms with E-state index in [0.29, 0.717) is 0 Å². The molecule has 0 bridgehead atoms. The molecule has 0 N–H and O–H groups in total. The van der Waals surface area contributed by atoms with Gasteiger partial charge in [0.2, 0.25) is 0 Å². The summed E-state index contributed by atoms with van der Waals surface area (Å²) in [7, 11) is 0. The number of halogens is 1. The predicted molar refractivity (Wildman–Crippen MR) is 75.7 cm³/mol. The lowest BCUT2D eigenvalue weighted by atomic mass is 10.1. The van der Waals surface area contributed by atoms with E-state index in [-0.39, 0.29) is 0 Å². The number of unbranched alkanes of at least 4 members (excludes halogenated alkanes) is 5. The zero-order valence-corrected chi connectivity index (χ0v) is 12.2. The van der Waals surface area contributed by atoms with Gasteiger partial charge in [0, 0.05) is 5.33 Å². The van der Waals surface area contributed by atoms with E-state index in [1.807, 2.05) is 12.1 Å². The first-order chi connectivity index (χ1) is 8.36. The Morgan fingerprint density at radius 2 is 1.88 bits per heavy atom. The molecule has 0 saturated heterocycles. The van der Waals surface area contributed by atoms with Gasteiger partial charge in [-0.1, -0.05) is 55.0 Å². The molecule has 2 nitrogen and oxygen atoms in total. The van der Waals surface area contributed by atoms with Crippen LogP contribution in [0.4, 0.5) is 0 Å². The summed E-state index contributed by atoms with van der Waals surface area (Å²) in [4.78, 5) is 4.26. The molecular weight excluding hydrogens is 278 g/mol. The van der Waals surface area contributed by atoms with Crippen LogP contribution in [0.15, 0.2) is 18.3 Å². The van der Waals surface area contributed by atoms with Crippen molar-refractivity contribution in [3.63, 3.8) is 0 Å². The molecule has 96 valence electrons. The highest BCUT2D eigenvalue weighted by Crippen LogP contribution is 2.12. The van der Waals surface area contributed by atoms with Gasteiger partial charge in [-0.3, -0.25) is 4.98 Å². The number of hydrogen-bond acceptors (Lipinski definition) is 2. The Kier molecular flexibility index (Phi) is 8.06. The number of nitrogens with zero attached hydrogens (tertiary/aromatic N) is 1. The summed E-state index contributed by atoms with van der Waals surface area (Å²) >= 11 is 3.37. The van der Waals surface area contributed by atoms with Crippen LogP contribution in [0.25, 0.3) is 0 Å². The zero-order valence-electron chi connectivity index (χ0n) is 10.6. The van der Waals surface area contributed by atoms with Crippen molar-refractivity contribution >= 4 is 15.9 Å². The predicted octanol–water partition coefficient (Wildman–Crippen LogP) is 4.72. The molecule has 0 aliphatic heterocycles. The minimum absolute atomic E-state index is 0.796. The first-order valence-electron chi connectivity index (χ1n) is 6.50. The van der Waals surface area contributed by atoms with Crippen molar-refractivity contribution in [3.05, 3.63) is 24.0 Å². The average Bonchev–Trinajstić information content (AvgIpc) is 2.38.